The first kappa shape index (κ1) is 13.4. The summed E-state index contributed by atoms with van der Waals surface area (Å²) >= 11 is 3.46. The summed E-state index contributed by atoms with van der Waals surface area (Å²) in [6.07, 6.45) is 2.56. The zero-order valence-electron chi connectivity index (χ0n) is 11.2. The Kier molecular flexibility index (Phi) is 3.62. The van der Waals surface area contributed by atoms with E-state index < -0.39 is 0 Å². The molecule has 0 aromatic heterocycles. The second kappa shape index (κ2) is 5.41. The standard InChI is InChI=1S/C17H15BrO2/c1-11-5-8-15(16(18)9-11)17(19)12-3-2-4-14(10-12)20-13-6-7-13/h2-5,8-10,13H,6-7H2,1H3. The molecule has 0 amide bonds. The van der Waals surface area contributed by atoms with Crippen molar-refractivity contribution in [3.8, 4) is 5.75 Å². The van der Waals surface area contributed by atoms with Crippen molar-refractivity contribution < 1.29 is 9.53 Å². The molecule has 102 valence electrons. The van der Waals surface area contributed by atoms with Crippen LogP contribution in [0.25, 0.3) is 0 Å². The molecule has 3 rings (SSSR count). The van der Waals surface area contributed by atoms with E-state index in [-0.39, 0.29) is 5.78 Å². The summed E-state index contributed by atoms with van der Waals surface area (Å²) in [7, 11) is 0. The van der Waals surface area contributed by atoms with Gasteiger partial charge in [-0.1, -0.05) is 34.1 Å². The Hall–Kier alpha value is -1.61. The Morgan fingerprint density at radius 1 is 1.20 bits per heavy atom. The molecule has 0 saturated heterocycles. The number of carbonyl (C=O) groups excluding carboxylic acids is 1. The van der Waals surface area contributed by atoms with E-state index in [1.54, 1.807) is 0 Å². The monoisotopic (exact) mass is 330 g/mol. The van der Waals surface area contributed by atoms with Crippen molar-refractivity contribution in [3.63, 3.8) is 0 Å². The highest BCUT2D eigenvalue weighted by Gasteiger charge is 2.23. The third-order valence-electron chi connectivity index (χ3n) is 3.29. The normalized spacial score (nSPS) is 14.1. The molecule has 1 fully saturated rings. The first-order valence-electron chi connectivity index (χ1n) is 6.71. The van der Waals surface area contributed by atoms with Crippen molar-refractivity contribution in [1.29, 1.82) is 0 Å². The van der Waals surface area contributed by atoms with Crippen LogP contribution in [0.15, 0.2) is 46.9 Å². The maximum atomic E-state index is 12.5. The Labute approximate surface area is 126 Å². The van der Waals surface area contributed by atoms with Gasteiger partial charge >= 0.3 is 0 Å². The summed E-state index contributed by atoms with van der Waals surface area (Å²) < 4.78 is 6.57. The molecule has 1 aliphatic carbocycles. The molecule has 0 bridgehead atoms. The Morgan fingerprint density at radius 3 is 2.70 bits per heavy atom. The summed E-state index contributed by atoms with van der Waals surface area (Å²) in [6, 6.07) is 13.2. The van der Waals surface area contributed by atoms with Gasteiger partial charge in [0, 0.05) is 15.6 Å². The van der Waals surface area contributed by atoms with Gasteiger partial charge in [0.25, 0.3) is 0 Å². The highest BCUT2D eigenvalue weighted by atomic mass is 79.9. The third-order valence-corrected chi connectivity index (χ3v) is 3.95. The average Bonchev–Trinajstić information content (AvgIpc) is 3.22. The van der Waals surface area contributed by atoms with Gasteiger partial charge in [-0.25, -0.2) is 0 Å². The van der Waals surface area contributed by atoms with E-state index in [1.807, 2.05) is 49.4 Å². The van der Waals surface area contributed by atoms with Crippen LogP contribution in [0.4, 0.5) is 0 Å². The molecule has 0 spiro atoms. The number of ether oxygens (including phenoxy) is 1. The third kappa shape index (κ3) is 2.93. The lowest BCUT2D eigenvalue weighted by Gasteiger charge is -2.08. The van der Waals surface area contributed by atoms with Crippen LogP contribution >= 0.6 is 15.9 Å². The zero-order chi connectivity index (χ0) is 14.1. The lowest BCUT2D eigenvalue weighted by molar-refractivity contribution is 0.103. The smallest absolute Gasteiger partial charge is 0.194 e. The van der Waals surface area contributed by atoms with Gasteiger partial charge in [0.2, 0.25) is 0 Å². The van der Waals surface area contributed by atoms with E-state index in [0.29, 0.717) is 17.2 Å². The fourth-order valence-electron chi connectivity index (χ4n) is 2.05. The summed E-state index contributed by atoms with van der Waals surface area (Å²) in [4.78, 5) is 12.5. The molecule has 20 heavy (non-hydrogen) atoms. The molecule has 0 aliphatic heterocycles. The van der Waals surface area contributed by atoms with Gasteiger partial charge in [0.05, 0.1) is 6.10 Å². The molecule has 2 nitrogen and oxygen atoms in total. The largest absolute Gasteiger partial charge is 0.490 e. The van der Waals surface area contributed by atoms with Crippen LogP contribution < -0.4 is 4.74 Å². The highest BCUT2D eigenvalue weighted by Crippen LogP contribution is 2.28. The molecule has 2 aromatic rings. The molecule has 3 heteroatoms. The van der Waals surface area contributed by atoms with Crippen LogP contribution in [0, 0.1) is 6.92 Å². The van der Waals surface area contributed by atoms with E-state index in [0.717, 1.165) is 28.6 Å². The minimum Gasteiger partial charge on any atom is -0.490 e. The van der Waals surface area contributed by atoms with E-state index in [9.17, 15) is 4.79 Å². The van der Waals surface area contributed by atoms with E-state index in [1.165, 1.54) is 0 Å². The lowest BCUT2D eigenvalue weighted by Crippen LogP contribution is -2.04. The van der Waals surface area contributed by atoms with E-state index >= 15 is 0 Å². The summed E-state index contributed by atoms with van der Waals surface area (Å²) in [5.74, 6) is 0.791. The second-order valence-corrected chi connectivity index (χ2v) is 6.01. The number of halogens is 1. The molecule has 0 radical (unpaired) electrons. The molecule has 2 aromatic carbocycles. The Morgan fingerprint density at radius 2 is 2.00 bits per heavy atom. The molecule has 1 aliphatic rings. The fraction of sp³-hybridized carbons (Fsp3) is 0.235. The molecule has 1 saturated carbocycles. The summed E-state index contributed by atoms with van der Waals surface area (Å²) in [6.45, 7) is 2.00. The van der Waals surface area contributed by atoms with Crippen LogP contribution in [0.2, 0.25) is 0 Å². The van der Waals surface area contributed by atoms with Crippen molar-refractivity contribution >= 4 is 21.7 Å². The molecule has 0 heterocycles. The molecular formula is C17H15BrO2. The van der Waals surface area contributed by atoms with Crippen molar-refractivity contribution in [1.82, 2.24) is 0 Å². The number of ketones is 1. The minimum atomic E-state index is 0.0121. The van der Waals surface area contributed by atoms with Crippen LogP contribution in [0.1, 0.15) is 34.3 Å². The maximum Gasteiger partial charge on any atom is 0.194 e. The fourth-order valence-corrected chi connectivity index (χ4v) is 2.72. The van der Waals surface area contributed by atoms with Gasteiger partial charge in [0.1, 0.15) is 5.75 Å². The van der Waals surface area contributed by atoms with Crippen molar-refractivity contribution in [3.05, 3.63) is 63.6 Å². The summed E-state index contributed by atoms with van der Waals surface area (Å²) in [5.41, 5.74) is 2.46. The van der Waals surface area contributed by atoms with Gasteiger partial charge in [-0.3, -0.25) is 4.79 Å². The molecular weight excluding hydrogens is 316 g/mol. The Bertz CT molecular complexity index is 660. The van der Waals surface area contributed by atoms with Crippen LogP contribution in [-0.2, 0) is 0 Å². The van der Waals surface area contributed by atoms with Gasteiger partial charge in [-0.15, -0.1) is 0 Å². The Balaban J connectivity index is 1.89. The maximum absolute atomic E-state index is 12.5. The number of hydrogen-bond acceptors (Lipinski definition) is 2. The van der Waals surface area contributed by atoms with Crippen molar-refractivity contribution in [2.24, 2.45) is 0 Å². The van der Waals surface area contributed by atoms with Crippen LogP contribution in [0.3, 0.4) is 0 Å². The first-order chi connectivity index (χ1) is 9.63. The number of rotatable bonds is 4. The van der Waals surface area contributed by atoms with Gasteiger partial charge in [0.15, 0.2) is 5.78 Å². The first-order valence-corrected chi connectivity index (χ1v) is 7.50. The number of benzene rings is 2. The van der Waals surface area contributed by atoms with Crippen LogP contribution in [-0.4, -0.2) is 11.9 Å². The number of aryl methyl sites for hydroxylation is 1. The van der Waals surface area contributed by atoms with E-state index in [4.69, 9.17) is 4.74 Å². The van der Waals surface area contributed by atoms with Gasteiger partial charge < -0.3 is 4.74 Å². The quantitative estimate of drug-likeness (QED) is 0.770. The molecule has 0 N–H and O–H groups in total. The summed E-state index contributed by atoms with van der Waals surface area (Å²) in [5, 5.41) is 0. The molecule has 0 unspecified atom stereocenters. The number of carbonyl (C=O) groups is 1. The molecule has 0 atom stereocenters. The number of hydrogen-bond donors (Lipinski definition) is 0. The highest BCUT2D eigenvalue weighted by molar-refractivity contribution is 9.10. The van der Waals surface area contributed by atoms with Gasteiger partial charge in [-0.2, -0.15) is 0 Å². The van der Waals surface area contributed by atoms with Crippen molar-refractivity contribution in [2.75, 3.05) is 0 Å². The average molecular weight is 331 g/mol. The topological polar surface area (TPSA) is 26.3 Å². The minimum absolute atomic E-state index is 0.0121. The predicted molar refractivity (Wildman–Crippen MR) is 82.4 cm³/mol. The zero-order valence-corrected chi connectivity index (χ0v) is 12.8. The van der Waals surface area contributed by atoms with Crippen LogP contribution in [0.5, 0.6) is 5.75 Å². The van der Waals surface area contributed by atoms with E-state index in [2.05, 4.69) is 15.9 Å². The SMILES string of the molecule is Cc1ccc(C(=O)c2cccc(OC3CC3)c2)c(Br)c1. The lowest BCUT2D eigenvalue weighted by atomic mass is 10.0. The second-order valence-electron chi connectivity index (χ2n) is 5.16. The predicted octanol–water partition coefficient (Wildman–Crippen LogP) is 4.53. The van der Waals surface area contributed by atoms with Crippen molar-refractivity contribution in [2.45, 2.75) is 25.9 Å². The van der Waals surface area contributed by atoms with Gasteiger partial charge in [-0.05, 0) is 49.6 Å².